The van der Waals surface area contributed by atoms with Crippen LogP contribution in [0.2, 0.25) is 0 Å². The first kappa shape index (κ1) is 16.0. The molecule has 21 heavy (non-hydrogen) atoms. The Morgan fingerprint density at radius 3 is 2.33 bits per heavy atom. The summed E-state index contributed by atoms with van der Waals surface area (Å²) in [5, 5.41) is 0. The lowest BCUT2D eigenvalue weighted by atomic mass is 9.89. The molecule has 0 bridgehead atoms. The highest BCUT2D eigenvalue weighted by molar-refractivity contribution is 6.02. The fourth-order valence-corrected chi connectivity index (χ4v) is 2.87. The molecule has 3 heteroatoms. The second kappa shape index (κ2) is 7.08. The number of ketones is 1. The molecule has 0 aromatic heterocycles. The van der Waals surface area contributed by atoms with Crippen LogP contribution in [0.1, 0.15) is 56.8 Å². The highest BCUT2D eigenvalue weighted by Crippen LogP contribution is 2.25. The molecule has 116 valence electrons. The molecular formula is C18H27NO2. The monoisotopic (exact) mass is 289 g/mol. The van der Waals surface area contributed by atoms with Crippen molar-refractivity contribution in [3.8, 4) is 5.75 Å². The second-order valence-corrected chi connectivity index (χ2v) is 6.31. The van der Waals surface area contributed by atoms with E-state index in [0.717, 1.165) is 30.8 Å². The summed E-state index contributed by atoms with van der Waals surface area (Å²) in [6, 6.07) is 7.57. The fraction of sp³-hybridized carbons (Fsp3) is 0.611. The van der Waals surface area contributed by atoms with Crippen LogP contribution < -0.4 is 4.74 Å². The lowest BCUT2D eigenvalue weighted by Crippen LogP contribution is -2.52. The van der Waals surface area contributed by atoms with Crippen molar-refractivity contribution < 1.29 is 9.53 Å². The van der Waals surface area contributed by atoms with E-state index in [4.69, 9.17) is 4.74 Å². The molecule has 1 aliphatic heterocycles. The number of Topliss-reactive ketones (excluding diaryl/α,β-unsaturated/α-hetero) is 1. The molecule has 1 aliphatic rings. The van der Waals surface area contributed by atoms with Gasteiger partial charge in [-0.15, -0.1) is 0 Å². The number of nitrogens with zero attached hydrogens (tertiary/aromatic N) is 1. The zero-order valence-electron chi connectivity index (χ0n) is 13.5. The Kier molecular flexibility index (Phi) is 5.40. The molecule has 0 radical (unpaired) electrons. The first-order valence-electron chi connectivity index (χ1n) is 8.08. The maximum Gasteiger partial charge on any atom is 0.182 e. The molecule has 0 N–H and O–H groups in total. The molecular weight excluding hydrogens is 262 g/mol. The van der Waals surface area contributed by atoms with E-state index in [9.17, 15) is 4.79 Å². The zero-order chi connectivity index (χ0) is 15.3. The molecule has 0 aliphatic carbocycles. The van der Waals surface area contributed by atoms with Gasteiger partial charge in [-0.05, 0) is 70.5 Å². The number of carbonyl (C=O) groups is 1. The second-order valence-electron chi connectivity index (χ2n) is 6.31. The van der Waals surface area contributed by atoms with Gasteiger partial charge in [-0.1, -0.05) is 13.3 Å². The Labute approximate surface area is 128 Å². The van der Waals surface area contributed by atoms with Gasteiger partial charge in [0.25, 0.3) is 0 Å². The van der Waals surface area contributed by atoms with Crippen LogP contribution in [0.3, 0.4) is 0 Å². The number of hydrogen-bond donors (Lipinski definition) is 0. The Balaban J connectivity index is 2.07. The molecule has 0 spiro atoms. The lowest BCUT2D eigenvalue weighted by molar-refractivity contribution is 0.0579. The van der Waals surface area contributed by atoms with Crippen molar-refractivity contribution in [1.29, 1.82) is 0 Å². The van der Waals surface area contributed by atoms with Crippen molar-refractivity contribution in [2.75, 3.05) is 19.7 Å². The minimum absolute atomic E-state index is 0.200. The third-order valence-electron chi connectivity index (χ3n) is 4.29. The smallest absolute Gasteiger partial charge is 0.182 e. The van der Waals surface area contributed by atoms with Crippen LogP contribution in [0.25, 0.3) is 0 Å². The van der Waals surface area contributed by atoms with Gasteiger partial charge in [0.1, 0.15) is 5.75 Å². The van der Waals surface area contributed by atoms with E-state index in [0.29, 0.717) is 6.61 Å². The van der Waals surface area contributed by atoms with Gasteiger partial charge in [-0.2, -0.15) is 0 Å². The first-order chi connectivity index (χ1) is 10.1. The summed E-state index contributed by atoms with van der Waals surface area (Å²) in [6.07, 6.45) is 4.66. The van der Waals surface area contributed by atoms with Gasteiger partial charge in [0.15, 0.2) is 5.78 Å². The highest BCUT2D eigenvalue weighted by atomic mass is 16.5. The van der Waals surface area contributed by atoms with E-state index >= 15 is 0 Å². The Morgan fingerprint density at radius 1 is 1.14 bits per heavy atom. The van der Waals surface area contributed by atoms with E-state index < -0.39 is 5.54 Å². The zero-order valence-corrected chi connectivity index (χ0v) is 13.5. The molecule has 0 amide bonds. The van der Waals surface area contributed by atoms with Gasteiger partial charge >= 0.3 is 0 Å². The third kappa shape index (κ3) is 3.85. The lowest BCUT2D eigenvalue weighted by Gasteiger charge is -2.39. The maximum absolute atomic E-state index is 12.8. The number of benzene rings is 1. The average Bonchev–Trinajstić information content (AvgIpc) is 2.53. The number of rotatable bonds is 6. The summed E-state index contributed by atoms with van der Waals surface area (Å²) >= 11 is 0. The number of ether oxygens (including phenoxy) is 1. The van der Waals surface area contributed by atoms with Gasteiger partial charge in [-0.25, -0.2) is 0 Å². The van der Waals surface area contributed by atoms with Gasteiger partial charge < -0.3 is 4.74 Å². The van der Waals surface area contributed by atoms with Gasteiger partial charge in [0.05, 0.1) is 12.1 Å². The van der Waals surface area contributed by atoms with Crippen LogP contribution in [-0.4, -0.2) is 35.9 Å². The fourth-order valence-electron chi connectivity index (χ4n) is 2.87. The van der Waals surface area contributed by atoms with Crippen molar-refractivity contribution in [3.05, 3.63) is 29.8 Å². The molecule has 0 unspecified atom stereocenters. The van der Waals surface area contributed by atoms with E-state index in [-0.39, 0.29) is 5.78 Å². The summed E-state index contributed by atoms with van der Waals surface area (Å²) in [5.74, 6) is 1.04. The molecule has 1 saturated heterocycles. The predicted molar refractivity (Wildman–Crippen MR) is 86.1 cm³/mol. The average molecular weight is 289 g/mol. The summed E-state index contributed by atoms with van der Waals surface area (Å²) in [4.78, 5) is 15.1. The largest absolute Gasteiger partial charge is 0.494 e. The predicted octanol–water partition coefficient (Wildman–Crippen LogP) is 3.92. The van der Waals surface area contributed by atoms with E-state index in [1.165, 1.54) is 19.3 Å². The summed E-state index contributed by atoms with van der Waals surface area (Å²) in [6.45, 7) is 8.93. The summed E-state index contributed by atoms with van der Waals surface area (Å²) < 4.78 is 5.57. The minimum atomic E-state index is -0.424. The Morgan fingerprint density at radius 2 is 1.76 bits per heavy atom. The van der Waals surface area contributed by atoms with Crippen molar-refractivity contribution in [3.63, 3.8) is 0 Å². The molecule has 0 atom stereocenters. The van der Waals surface area contributed by atoms with Crippen molar-refractivity contribution in [2.45, 2.75) is 52.0 Å². The topological polar surface area (TPSA) is 29.5 Å². The SMILES string of the molecule is CCCOc1ccc(C(=O)C(C)(C)N2CCCCC2)cc1. The number of hydrogen-bond acceptors (Lipinski definition) is 3. The van der Waals surface area contributed by atoms with Gasteiger partial charge in [0, 0.05) is 5.56 Å². The highest BCUT2D eigenvalue weighted by Gasteiger charge is 2.35. The van der Waals surface area contributed by atoms with Crippen LogP contribution in [0.5, 0.6) is 5.75 Å². The quantitative estimate of drug-likeness (QED) is 0.743. The minimum Gasteiger partial charge on any atom is -0.494 e. The van der Waals surface area contributed by atoms with Crippen LogP contribution in [0.15, 0.2) is 24.3 Å². The number of likely N-dealkylation sites (tertiary alicyclic amines) is 1. The first-order valence-corrected chi connectivity index (χ1v) is 8.08. The third-order valence-corrected chi connectivity index (χ3v) is 4.29. The molecule has 1 heterocycles. The molecule has 1 aromatic carbocycles. The van der Waals surface area contributed by atoms with Crippen LogP contribution in [-0.2, 0) is 0 Å². The van der Waals surface area contributed by atoms with Crippen molar-refractivity contribution >= 4 is 5.78 Å². The number of piperidine rings is 1. The molecule has 1 fully saturated rings. The molecule has 3 nitrogen and oxygen atoms in total. The van der Waals surface area contributed by atoms with Crippen LogP contribution >= 0.6 is 0 Å². The normalized spacial score (nSPS) is 16.7. The van der Waals surface area contributed by atoms with E-state index in [1.807, 2.05) is 38.1 Å². The van der Waals surface area contributed by atoms with Gasteiger partial charge in [0.2, 0.25) is 0 Å². The molecule has 0 saturated carbocycles. The van der Waals surface area contributed by atoms with Gasteiger partial charge in [-0.3, -0.25) is 9.69 Å². The maximum atomic E-state index is 12.8. The molecule has 1 aromatic rings. The number of carbonyl (C=O) groups excluding carboxylic acids is 1. The van der Waals surface area contributed by atoms with Crippen LogP contribution in [0, 0.1) is 0 Å². The van der Waals surface area contributed by atoms with Crippen molar-refractivity contribution in [2.24, 2.45) is 0 Å². The van der Waals surface area contributed by atoms with Crippen LogP contribution in [0.4, 0.5) is 0 Å². The van der Waals surface area contributed by atoms with E-state index in [1.54, 1.807) is 0 Å². The summed E-state index contributed by atoms with van der Waals surface area (Å²) in [5.41, 5.74) is 0.348. The Bertz CT molecular complexity index is 459. The van der Waals surface area contributed by atoms with E-state index in [2.05, 4.69) is 11.8 Å². The van der Waals surface area contributed by atoms with Crippen molar-refractivity contribution in [1.82, 2.24) is 4.90 Å². The Hall–Kier alpha value is -1.35. The summed E-state index contributed by atoms with van der Waals surface area (Å²) in [7, 11) is 0. The standard InChI is InChI=1S/C18H27NO2/c1-4-14-21-16-10-8-15(9-11-16)17(20)18(2,3)19-12-6-5-7-13-19/h8-11H,4-7,12-14H2,1-3H3. The molecule has 2 rings (SSSR count).